The highest BCUT2D eigenvalue weighted by atomic mass is 32.2. The fourth-order valence-electron chi connectivity index (χ4n) is 4.30. The number of carbonyl (C=O) groups excluding carboxylic acids is 1. The average Bonchev–Trinajstić information content (AvgIpc) is 3.30. The molecule has 2 aliphatic heterocycles. The van der Waals surface area contributed by atoms with Crippen molar-refractivity contribution < 1.29 is 17.6 Å². The van der Waals surface area contributed by atoms with E-state index in [1.807, 2.05) is 13.0 Å². The van der Waals surface area contributed by atoms with E-state index in [9.17, 15) is 17.6 Å². The zero-order valence-electron chi connectivity index (χ0n) is 17.7. The van der Waals surface area contributed by atoms with Crippen LogP contribution >= 0.6 is 0 Å². The third-order valence-electron chi connectivity index (χ3n) is 6.17. The summed E-state index contributed by atoms with van der Waals surface area (Å²) < 4.78 is 41.7. The van der Waals surface area contributed by atoms with Gasteiger partial charge in [0, 0.05) is 32.1 Å². The van der Waals surface area contributed by atoms with Crippen LogP contribution in [0.2, 0.25) is 0 Å². The van der Waals surface area contributed by atoms with Crippen LogP contribution in [0, 0.1) is 18.7 Å². The van der Waals surface area contributed by atoms with Gasteiger partial charge in [-0.15, -0.1) is 0 Å². The maximum atomic E-state index is 14.5. The van der Waals surface area contributed by atoms with Gasteiger partial charge in [-0.1, -0.05) is 23.8 Å². The second-order valence-corrected chi connectivity index (χ2v) is 10.2. The first kappa shape index (κ1) is 21.8. The number of nitrogens with zero attached hydrogens (tertiary/aromatic N) is 2. The summed E-state index contributed by atoms with van der Waals surface area (Å²) in [5, 5.41) is 2.79. The summed E-state index contributed by atoms with van der Waals surface area (Å²) in [4.78, 5) is 15.2. The molecule has 31 heavy (non-hydrogen) atoms. The predicted octanol–water partition coefficient (Wildman–Crippen LogP) is 3.77. The zero-order valence-corrected chi connectivity index (χ0v) is 18.5. The Bertz CT molecular complexity index is 1040. The van der Waals surface area contributed by atoms with Gasteiger partial charge in [-0.05, 0) is 56.9 Å². The van der Waals surface area contributed by atoms with Crippen LogP contribution in [0.25, 0.3) is 0 Å². The van der Waals surface area contributed by atoms with Crippen LogP contribution < -0.4 is 10.2 Å². The molecule has 0 atom stereocenters. The maximum absolute atomic E-state index is 14.5. The van der Waals surface area contributed by atoms with Crippen molar-refractivity contribution in [2.24, 2.45) is 5.92 Å². The molecular weight excluding hydrogens is 417 g/mol. The molecule has 0 radical (unpaired) electrons. The van der Waals surface area contributed by atoms with Gasteiger partial charge in [-0.3, -0.25) is 4.79 Å². The number of nitrogens with one attached hydrogen (secondary N) is 1. The summed E-state index contributed by atoms with van der Waals surface area (Å²) in [6, 6.07) is 11.6. The first-order valence-corrected chi connectivity index (χ1v) is 12.2. The minimum Gasteiger partial charge on any atom is -0.370 e. The van der Waals surface area contributed by atoms with Gasteiger partial charge >= 0.3 is 0 Å². The van der Waals surface area contributed by atoms with Gasteiger partial charge in [0.15, 0.2) is 0 Å². The van der Waals surface area contributed by atoms with Crippen LogP contribution in [0.1, 0.15) is 31.2 Å². The molecule has 166 valence electrons. The van der Waals surface area contributed by atoms with Crippen molar-refractivity contribution in [2.45, 2.75) is 37.5 Å². The molecule has 2 heterocycles. The van der Waals surface area contributed by atoms with Gasteiger partial charge in [-0.2, -0.15) is 4.31 Å². The van der Waals surface area contributed by atoms with E-state index in [-0.39, 0.29) is 35.5 Å². The van der Waals surface area contributed by atoms with Gasteiger partial charge < -0.3 is 10.2 Å². The van der Waals surface area contributed by atoms with Crippen molar-refractivity contribution in [1.29, 1.82) is 0 Å². The number of anilines is 2. The first-order valence-electron chi connectivity index (χ1n) is 10.8. The smallest absolute Gasteiger partial charge is 0.243 e. The van der Waals surface area contributed by atoms with E-state index in [1.54, 1.807) is 30.3 Å². The Morgan fingerprint density at radius 2 is 1.65 bits per heavy atom. The molecule has 2 aromatic carbocycles. The fourth-order valence-corrected chi connectivity index (χ4v) is 5.77. The highest BCUT2D eigenvalue weighted by molar-refractivity contribution is 7.89. The first-order chi connectivity index (χ1) is 14.9. The van der Waals surface area contributed by atoms with Crippen LogP contribution in [0.5, 0.6) is 0 Å². The third kappa shape index (κ3) is 4.60. The highest BCUT2D eigenvalue weighted by Crippen LogP contribution is 2.32. The Hall–Kier alpha value is -2.45. The topological polar surface area (TPSA) is 69.7 Å². The lowest BCUT2D eigenvalue weighted by atomic mass is 9.97. The summed E-state index contributed by atoms with van der Waals surface area (Å²) in [5.74, 6) is -1.05. The minimum atomic E-state index is -3.58. The Labute approximate surface area is 183 Å². The van der Waals surface area contributed by atoms with Crippen LogP contribution in [-0.4, -0.2) is 44.8 Å². The molecule has 0 saturated carbocycles. The zero-order chi connectivity index (χ0) is 22.0. The largest absolute Gasteiger partial charge is 0.370 e. The van der Waals surface area contributed by atoms with E-state index in [0.29, 0.717) is 18.5 Å². The van der Waals surface area contributed by atoms with Crippen molar-refractivity contribution in [3.63, 3.8) is 0 Å². The van der Waals surface area contributed by atoms with Crippen molar-refractivity contribution in [2.75, 3.05) is 36.4 Å². The Morgan fingerprint density at radius 3 is 2.29 bits per heavy atom. The van der Waals surface area contributed by atoms with Crippen molar-refractivity contribution in [3.05, 3.63) is 53.8 Å². The van der Waals surface area contributed by atoms with E-state index >= 15 is 0 Å². The molecule has 1 N–H and O–H groups in total. The average molecular weight is 446 g/mol. The van der Waals surface area contributed by atoms with Crippen LogP contribution in [-0.2, 0) is 14.8 Å². The molecular formula is C23H28FN3O3S. The maximum Gasteiger partial charge on any atom is 0.243 e. The number of amides is 1. The van der Waals surface area contributed by atoms with Crippen molar-refractivity contribution >= 4 is 27.3 Å². The molecule has 0 bridgehead atoms. The molecule has 4 rings (SSSR count). The lowest BCUT2D eigenvalue weighted by molar-refractivity contribution is -0.120. The molecule has 0 aromatic heterocycles. The van der Waals surface area contributed by atoms with Gasteiger partial charge in [-0.25, -0.2) is 12.8 Å². The molecule has 1 amide bonds. The molecule has 2 aliphatic rings. The summed E-state index contributed by atoms with van der Waals surface area (Å²) >= 11 is 0. The van der Waals surface area contributed by atoms with Crippen molar-refractivity contribution in [1.82, 2.24) is 4.31 Å². The molecule has 2 fully saturated rings. The second-order valence-electron chi connectivity index (χ2n) is 8.31. The summed E-state index contributed by atoms with van der Waals surface area (Å²) in [6.45, 7) is 4.14. The van der Waals surface area contributed by atoms with Gasteiger partial charge in [0.05, 0.1) is 10.6 Å². The lowest BCUT2D eigenvalue weighted by Gasteiger charge is -2.31. The number of benzene rings is 2. The number of para-hydroxylation sites is 1. The number of halogens is 1. The normalized spacial score (nSPS) is 18.3. The SMILES string of the molecule is Cc1ccc(S(=O)(=O)N2CCC(C(=O)Nc3c(F)cccc3N3CCCC3)CC2)cc1. The van der Waals surface area contributed by atoms with Crippen LogP contribution in [0.4, 0.5) is 15.8 Å². The molecule has 0 unspecified atom stereocenters. The Kier molecular flexibility index (Phi) is 6.29. The predicted molar refractivity (Wildman–Crippen MR) is 119 cm³/mol. The second kappa shape index (κ2) is 8.96. The number of sulfonamides is 1. The van der Waals surface area contributed by atoms with E-state index in [4.69, 9.17) is 0 Å². The monoisotopic (exact) mass is 445 g/mol. The van der Waals surface area contributed by atoms with Crippen LogP contribution in [0.3, 0.4) is 0 Å². The number of aryl methyl sites for hydroxylation is 1. The van der Waals surface area contributed by atoms with E-state index in [2.05, 4.69) is 10.2 Å². The van der Waals surface area contributed by atoms with Gasteiger partial charge in [0.2, 0.25) is 15.9 Å². The summed E-state index contributed by atoms with van der Waals surface area (Å²) in [6.07, 6.45) is 2.92. The number of hydrogen-bond donors (Lipinski definition) is 1. The number of hydrogen-bond acceptors (Lipinski definition) is 4. The summed E-state index contributed by atoms with van der Waals surface area (Å²) in [5.41, 5.74) is 1.94. The molecule has 6 nitrogen and oxygen atoms in total. The molecule has 0 spiro atoms. The van der Waals surface area contributed by atoms with E-state index in [0.717, 1.165) is 31.5 Å². The van der Waals surface area contributed by atoms with E-state index in [1.165, 1.54) is 10.4 Å². The Balaban J connectivity index is 1.42. The standard InChI is InChI=1S/C23H28FN3O3S/c1-17-7-9-19(10-8-17)31(29,30)27-15-11-18(12-16-27)23(28)25-22-20(24)5-4-6-21(22)26-13-2-3-14-26/h4-10,18H,2-3,11-16H2,1H3,(H,25,28). The lowest BCUT2D eigenvalue weighted by Crippen LogP contribution is -2.41. The van der Waals surface area contributed by atoms with E-state index < -0.39 is 15.8 Å². The highest BCUT2D eigenvalue weighted by Gasteiger charge is 2.32. The molecule has 2 aromatic rings. The summed E-state index contributed by atoms with van der Waals surface area (Å²) in [7, 11) is -3.58. The number of rotatable bonds is 5. The third-order valence-corrected chi connectivity index (χ3v) is 8.08. The van der Waals surface area contributed by atoms with Gasteiger partial charge in [0.25, 0.3) is 0 Å². The fraction of sp³-hybridized carbons (Fsp3) is 0.435. The van der Waals surface area contributed by atoms with Crippen LogP contribution in [0.15, 0.2) is 47.4 Å². The Morgan fingerprint density at radius 1 is 1.00 bits per heavy atom. The molecule has 8 heteroatoms. The van der Waals surface area contributed by atoms with Gasteiger partial charge in [0.1, 0.15) is 11.5 Å². The molecule has 0 aliphatic carbocycles. The minimum absolute atomic E-state index is 0.226. The number of piperidine rings is 1. The quantitative estimate of drug-likeness (QED) is 0.761. The van der Waals surface area contributed by atoms with Crippen molar-refractivity contribution in [3.8, 4) is 0 Å². The molecule has 2 saturated heterocycles. The number of carbonyl (C=O) groups is 1.